The Morgan fingerprint density at radius 1 is 1.47 bits per heavy atom. The molecule has 0 saturated heterocycles. The number of amides is 1. The van der Waals surface area contributed by atoms with Crippen LogP contribution < -0.4 is 5.32 Å². The topological polar surface area (TPSA) is 66.4 Å². The fourth-order valence-electron chi connectivity index (χ4n) is 1.12. The third kappa shape index (κ3) is 2.67. The van der Waals surface area contributed by atoms with Gasteiger partial charge in [-0.15, -0.1) is 0 Å². The zero-order valence-electron chi connectivity index (χ0n) is 8.28. The fourth-order valence-corrected chi connectivity index (χ4v) is 1.12. The molecule has 0 unspecified atom stereocenters. The van der Waals surface area contributed by atoms with Crippen LogP contribution in [0, 0.1) is 0 Å². The normalized spacial score (nSPS) is 9.40. The fraction of sp³-hybridized carbons (Fsp3) is 0.0909. The number of allylic oxidation sites excluding steroid dienone is 1. The van der Waals surface area contributed by atoms with E-state index >= 15 is 0 Å². The van der Waals surface area contributed by atoms with Crippen LogP contribution in [0.15, 0.2) is 30.9 Å². The molecule has 0 saturated carbocycles. The first-order chi connectivity index (χ1) is 7.04. The predicted molar refractivity (Wildman–Crippen MR) is 56.9 cm³/mol. The smallest absolute Gasteiger partial charge is 0.221 e. The van der Waals surface area contributed by atoms with Crippen molar-refractivity contribution in [1.29, 1.82) is 0 Å². The average Bonchev–Trinajstić information content (AvgIpc) is 2.19. The minimum atomic E-state index is -0.389. The lowest BCUT2D eigenvalue weighted by Crippen LogP contribution is -2.06. The van der Waals surface area contributed by atoms with Crippen molar-refractivity contribution in [3.63, 3.8) is 0 Å². The number of carbonyl (C=O) groups is 2. The first-order valence-electron chi connectivity index (χ1n) is 4.32. The van der Waals surface area contributed by atoms with Crippen molar-refractivity contribution in [2.24, 2.45) is 0 Å². The molecule has 1 aromatic carbocycles. The minimum Gasteiger partial charge on any atom is -0.507 e. The number of ketones is 1. The predicted octanol–water partition coefficient (Wildman–Crippen LogP) is 1.72. The molecular weight excluding hydrogens is 194 g/mol. The number of anilines is 1. The molecule has 0 aliphatic carbocycles. The maximum Gasteiger partial charge on any atom is 0.221 e. The summed E-state index contributed by atoms with van der Waals surface area (Å²) in [6, 6.07) is 4.26. The van der Waals surface area contributed by atoms with E-state index in [0.717, 1.165) is 6.08 Å². The molecular formula is C11H11NO3. The Balaban J connectivity index is 3.10. The van der Waals surface area contributed by atoms with Gasteiger partial charge in [0.1, 0.15) is 5.75 Å². The van der Waals surface area contributed by atoms with Crippen molar-refractivity contribution >= 4 is 17.4 Å². The molecule has 0 bridgehead atoms. The lowest BCUT2D eigenvalue weighted by molar-refractivity contribution is -0.114. The van der Waals surface area contributed by atoms with Crippen molar-refractivity contribution in [1.82, 2.24) is 0 Å². The van der Waals surface area contributed by atoms with Crippen LogP contribution in [0.1, 0.15) is 17.3 Å². The summed E-state index contributed by atoms with van der Waals surface area (Å²) in [6.45, 7) is 4.68. The molecule has 1 aromatic rings. The van der Waals surface area contributed by atoms with Gasteiger partial charge in [0.25, 0.3) is 0 Å². The summed E-state index contributed by atoms with van der Waals surface area (Å²) < 4.78 is 0. The van der Waals surface area contributed by atoms with Gasteiger partial charge < -0.3 is 10.4 Å². The SMILES string of the molecule is C=CC(=O)c1cc(NC(C)=O)ccc1O. The number of benzene rings is 1. The Morgan fingerprint density at radius 3 is 2.67 bits per heavy atom. The van der Waals surface area contributed by atoms with Gasteiger partial charge in [0.05, 0.1) is 5.56 Å². The molecule has 1 rings (SSSR count). The number of nitrogens with one attached hydrogen (secondary N) is 1. The maximum absolute atomic E-state index is 11.3. The first kappa shape index (κ1) is 11.0. The van der Waals surface area contributed by atoms with E-state index in [0.29, 0.717) is 5.69 Å². The van der Waals surface area contributed by atoms with E-state index in [-0.39, 0.29) is 23.0 Å². The monoisotopic (exact) mass is 205 g/mol. The second-order valence-corrected chi connectivity index (χ2v) is 2.98. The number of phenolic OH excluding ortho intramolecular Hbond substituents is 1. The van der Waals surface area contributed by atoms with Gasteiger partial charge in [0, 0.05) is 12.6 Å². The van der Waals surface area contributed by atoms with Crippen molar-refractivity contribution in [2.45, 2.75) is 6.92 Å². The Hall–Kier alpha value is -2.10. The van der Waals surface area contributed by atoms with Gasteiger partial charge in [0.2, 0.25) is 5.91 Å². The van der Waals surface area contributed by atoms with Crippen LogP contribution >= 0.6 is 0 Å². The Kier molecular flexibility index (Phi) is 3.23. The van der Waals surface area contributed by atoms with Gasteiger partial charge in [-0.05, 0) is 24.3 Å². The highest BCUT2D eigenvalue weighted by Gasteiger charge is 2.08. The van der Waals surface area contributed by atoms with Crippen molar-refractivity contribution in [3.05, 3.63) is 36.4 Å². The Bertz CT molecular complexity index is 424. The molecule has 4 heteroatoms. The van der Waals surface area contributed by atoms with Crippen LogP contribution in [0.4, 0.5) is 5.69 Å². The third-order valence-electron chi connectivity index (χ3n) is 1.77. The molecule has 4 nitrogen and oxygen atoms in total. The molecule has 78 valence electrons. The molecule has 0 atom stereocenters. The largest absolute Gasteiger partial charge is 0.507 e. The molecule has 0 aliphatic rings. The summed E-state index contributed by atoms with van der Waals surface area (Å²) in [5.74, 6) is -0.758. The summed E-state index contributed by atoms with van der Waals surface area (Å²) in [6.07, 6.45) is 1.10. The highest BCUT2D eigenvalue weighted by molar-refractivity contribution is 6.07. The summed E-state index contributed by atoms with van der Waals surface area (Å²) in [4.78, 5) is 22.1. The number of hydrogen-bond donors (Lipinski definition) is 2. The molecule has 1 amide bonds. The van der Waals surface area contributed by atoms with Crippen LogP contribution in [-0.2, 0) is 4.79 Å². The second kappa shape index (κ2) is 4.41. The molecule has 0 spiro atoms. The van der Waals surface area contributed by atoms with Gasteiger partial charge in [-0.3, -0.25) is 9.59 Å². The van der Waals surface area contributed by atoms with E-state index in [1.54, 1.807) is 0 Å². The van der Waals surface area contributed by atoms with Gasteiger partial charge in [-0.1, -0.05) is 6.58 Å². The van der Waals surface area contributed by atoms with E-state index in [1.807, 2.05) is 0 Å². The van der Waals surface area contributed by atoms with E-state index in [2.05, 4.69) is 11.9 Å². The quantitative estimate of drug-likeness (QED) is 0.448. The minimum absolute atomic E-state index is 0.122. The van der Waals surface area contributed by atoms with E-state index < -0.39 is 0 Å². The summed E-state index contributed by atoms with van der Waals surface area (Å²) in [5, 5.41) is 11.9. The molecule has 0 aliphatic heterocycles. The summed E-state index contributed by atoms with van der Waals surface area (Å²) in [5.41, 5.74) is 0.585. The van der Waals surface area contributed by atoms with Crippen LogP contribution in [0.5, 0.6) is 5.75 Å². The van der Waals surface area contributed by atoms with Crippen LogP contribution in [0.25, 0.3) is 0 Å². The molecule has 2 N–H and O–H groups in total. The number of carbonyl (C=O) groups excluding carboxylic acids is 2. The molecule has 0 radical (unpaired) electrons. The van der Waals surface area contributed by atoms with Crippen molar-refractivity contribution in [2.75, 3.05) is 5.32 Å². The van der Waals surface area contributed by atoms with E-state index in [4.69, 9.17) is 0 Å². The van der Waals surface area contributed by atoms with Crippen LogP contribution in [0.2, 0.25) is 0 Å². The van der Waals surface area contributed by atoms with Gasteiger partial charge in [-0.25, -0.2) is 0 Å². The zero-order valence-corrected chi connectivity index (χ0v) is 8.28. The van der Waals surface area contributed by atoms with Gasteiger partial charge in [0.15, 0.2) is 5.78 Å². The molecule has 0 aromatic heterocycles. The Labute approximate surface area is 87.2 Å². The standard InChI is InChI=1S/C11H11NO3/c1-3-10(14)9-6-8(12-7(2)13)4-5-11(9)15/h3-6,15H,1H2,2H3,(H,12,13). The highest BCUT2D eigenvalue weighted by Crippen LogP contribution is 2.22. The van der Waals surface area contributed by atoms with Crippen molar-refractivity contribution < 1.29 is 14.7 Å². The van der Waals surface area contributed by atoms with Gasteiger partial charge in [-0.2, -0.15) is 0 Å². The maximum atomic E-state index is 11.3. The molecule has 0 heterocycles. The lowest BCUT2D eigenvalue weighted by Gasteiger charge is -2.05. The van der Waals surface area contributed by atoms with Crippen LogP contribution in [0.3, 0.4) is 0 Å². The number of aromatic hydroxyl groups is 1. The van der Waals surface area contributed by atoms with Crippen LogP contribution in [-0.4, -0.2) is 16.8 Å². The van der Waals surface area contributed by atoms with Gasteiger partial charge >= 0.3 is 0 Å². The third-order valence-corrected chi connectivity index (χ3v) is 1.77. The summed E-state index contributed by atoms with van der Waals surface area (Å²) >= 11 is 0. The number of phenols is 1. The number of hydrogen-bond acceptors (Lipinski definition) is 3. The first-order valence-corrected chi connectivity index (χ1v) is 4.32. The van der Waals surface area contributed by atoms with Crippen molar-refractivity contribution in [3.8, 4) is 5.75 Å². The lowest BCUT2D eigenvalue weighted by atomic mass is 10.1. The molecule has 15 heavy (non-hydrogen) atoms. The van der Waals surface area contributed by atoms with E-state index in [1.165, 1.54) is 25.1 Å². The Morgan fingerprint density at radius 2 is 2.13 bits per heavy atom. The second-order valence-electron chi connectivity index (χ2n) is 2.98. The number of rotatable bonds is 3. The molecule has 0 fully saturated rings. The summed E-state index contributed by atoms with van der Waals surface area (Å²) in [7, 11) is 0. The van der Waals surface area contributed by atoms with E-state index in [9.17, 15) is 14.7 Å². The zero-order chi connectivity index (χ0) is 11.4. The average molecular weight is 205 g/mol. The highest BCUT2D eigenvalue weighted by atomic mass is 16.3.